The Kier molecular flexibility index (Phi) is 3.64. The zero-order valence-corrected chi connectivity index (χ0v) is 11.4. The van der Waals surface area contributed by atoms with Crippen molar-refractivity contribution in [3.63, 3.8) is 0 Å². The summed E-state index contributed by atoms with van der Waals surface area (Å²) in [6.45, 7) is 8.32. The van der Waals surface area contributed by atoms with Gasteiger partial charge in [-0.2, -0.15) is 0 Å². The first kappa shape index (κ1) is 12.3. The molecule has 0 aliphatic heterocycles. The van der Waals surface area contributed by atoms with Crippen molar-refractivity contribution in [3.8, 4) is 0 Å². The van der Waals surface area contributed by atoms with Crippen LogP contribution in [0.3, 0.4) is 0 Å². The fraction of sp³-hybridized carbons (Fsp3) is 0.462. The molecule has 1 N–H and O–H groups in total. The second kappa shape index (κ2) is 5.02. The summed E-state index contributed by atoms with van der Waals surface area (Å²) in [6.07, 6.45) is 6.15. The van der Waals surface area contributed by atoms with Gasteiger partial charge in [0.1, 0.15) is 5.01 Å². The lowest BCUT2D eigenvalue weighted by Gasteiger charge is -2.19. The average Bonchev–Trinajstić information content (AvgIpc) is 2.86. The van der Waals surface area contributed by atoms with Crippen molar-refractivity contribution in [2.24, 2.45) is 0 Å². The Labute approximate surface area is 107 Å². The lowest BCUT2D eigenvalue weighted by Crippen LogP contribution is -2.34. The van der Waals surface area contributed by atoms with E-state index in [1.54, 1.807) is 11.3 Å². The summed E-state index contributed by atoms with van der Waals surface area (Å²) in [4.78, 5) is 4.29. The Balaban J connectivity index is 1.92. The highest BCUT2D eigenvalue weighted by atomic mass is 32.1. The number of thiazole rings is 1. The minimum atomic E-state index is 0.164. The molecule has 3 nitrogen and oxygen atoms in total. The van der Waals surface area contributed by atoms with Crippen LogP contribution in [0.5, 0.6) is 0 Å². The summed E-state index contributed by atoms with van der Waals surface area (Å²) in [5.41, 5.74) is 1.48. The summed E-state index contributed by atoms with van der Waals surface area (Å²) in [6, 6.07) is 2.16. The molecule has 2 heterocycles. The number of nitrogens with zero attached hydrogens (tertiary/aromatic N) is 2. The molecule has 0 unspecified atom stereocenters. The molecule has 0 amide bonds. The summed E-state index contributed by atoms with van der Waals surface area (Å²) in [5, 5.41) is 6.65. The molecule has 2 rings (SSSR count). The highest BCUT2D eigenvalue weighted by molar-refractivity contribution is 7.09. The monoisotopic (exact) mass is 249 g/mol. The first-order valence-corrected chi connectivity index (χ1v) is 6.69. The van der Waals surface area contributed by atoms with E-state index < -0.39 is 0 Å². The van der Waals surface area contributed by atoms with Crippen molar-refractivity contribution < 1.29 is 0 Å². The van der Waals surface area contributed by atoms with Crippen LogP contribution in [0, 0.1) is 0 Å². The molecule has 4 heteroatoms. The van der Waals surface area contributed by atoms with E-state index in [-0.39, 0.29) is 5.54 Å². The van der Waals surface area contributed by atoms with Crippen molar-refractivity contribution >= 4 is 11.3 Å². The van der Waals surface area contributed by atoms with Crippen LogP contribution in [0.1, 0.15) is 31.3 Å². The highest BCUT2D eigenvalue weighted by Gasteiger charge is 2.08. The third-order valence-corrected chi connectivity index (χ3v) is 3.20. The second-order valence-corrected chi connectivity index (χ2v) is 6.20. The van der Waals surface area contributed by atoms with Gasteiger partial charge in [0, 0.05) is 36.1 Å². The molecular formula is C13H19N3S. The number of hydrogen-bond donors (Lipinski definition) is 1. The third-order valence-electron chi connectivity index (χ3n) is 2.44. The Bertz CT molecular complexity index is 451. The number of hydrogen-bond acceptors (Lipinski definition) is 3. The van der Waals surface area contributed by atoms with Gasteiger partial charge in [0.2, 0.25) is 0 Å². The summed E-state index contributed by atoms with van der Waals surface area (Å²) in [5.74, 6) is 0. The standard InChI is InChI=1S/C13H19N3S/c1-13(2,3)15-8-11-4-6-16(9-11)10-12-14-5-7-17-12/h4-7,9,15H,8,10H2,1-3H3. The third kappa shape index (κ3) is 3.98. The van der Waals surface area contributed by atoms with Gasteiger partial charge in [-0.3, -0.25) is 0 Å². The van der Waals surface area contributed by atoms with Gasteiger partial charge in [0.05, 0.1) is 6.54 Å². The number of nitrogens with one attached hydrogen (secondary N) is 1. The minimum absolute atomic E-state index is 0.164. The lowest BCUT2D eigenvalue weighted by molar-refractivity contribution is 0.424. The van der Waals surface area contributed by atoms with Crippen molar-refractivity contribution in [1.29, 1.82) is 0 Å². The summed E-state index contributed by atoms with van der Waals surface area (Å²) < 4.78 is 2.18. The highest BCUT2D eigenvalue weighted by Crippen LogP contribution is 2.09. The molecule has 0 bridgehead atoms. The largest absolute Gasteiger partial charge is 0.347 e. The molecule has 17 heavy (non-hydrogen) atoms. The molecular weight excluding hydrogens is 230 g/mol. The Hall–Kier alpha value is -1.13. The van der Waals surface area contributed by atoms with Crippen LogP contribution < -0.4 is 5.32 Å². The van der Waals surface area contributed by atoms with E-state index >= 15 is 0 Å². The van der Waals surface area contributed by atoms with Crippen LogP contribution in [0.4, 0.5) is 0 Å². The number of rotatable bonds is 4. The van der Waals surface area contributed by atoms with E-state index in [1.165, 1.54) is 5.56 Å². The van der Waals surface area contributed by atoms with E-state index in [1.807, 2.05) is 11.6 Å². The van der Waals surface area contributed by atoms with E-state index in [0.29, 0.717) is 0 Å². The first-order chi connectivity index (χ1) is 8.03. The van der Waals surface area contributed by atoms with Gasteiger partial charge in [-0.15, -0.1) is 11.3 Å². The summed E-state index contributed by atoms with van der Waals surface area (Å²) in [7, 11) is 0. The van der Waals surface area contributed by atoms with Crippen LogP contribution >= 0.6 is 11.3 Å². The molecule has 2 aromatic heterocycles. The van der Waals surface area contributed by atoms with Crippen LogP contribution in [-0.4, -0.2) is 15.1 Å². The van der Waals surface area contributed by atoms with Crippen molar-refractivity contribution in [2.75, 3.05) is 0 Å². The zero-order valence-electron chi connectivity index (χ0n) is 10.6. The first-order valence-electron chi connectivity index (χ1n) is 5.81. The smallest absolute Gasteiger partial charge is 0.112 e. The van der Waals surface area contributed by atoms with Gasteiger partial charge in [0.15, 0.2) is 0 Å². The fourth-order valence-corrected chi connectivity index (χ4v) is 2.17. The van der Waals surface area contributed by atoms with Crippen LogP contribution in [0.25, 0.3) is 0 Å². The van der Waals surface area contributed by atoms with E-state index in [9.17, 15) is 0 Å². The van der Waals surface area contributed by atoms with Crippen LogP contribution in [-0.2, 0) is 13.1 Å². The predicted octanol–water partition coefficient (Wildman–Crippen LogP) is 2.88. The molecule has 0 atom stereocenters. The van der Waals surface area contributed by atoms with E-state index in [4.69, 9.17) is 0 Å². The van der Waals surface area contributed by atoms with E-state index in [0.717, 1.165) is 18.1 Å². The number of aromatic nitrogens is 2. The molecule has 92 valence electrons. The molecule has 0 fully saturated rings. The molecule has 0 aliphatic rings. The molecule has 0 saturated heterocycles. The topological polar surface area (TPSA) is 29.9 Å². The van der Waals surface area contributed by atoms with Crippen molar-refractivity contribution in [3.05, 3.63) is 40.6 Å². The maximum atomic E-state index is 4.29. The summed E-state index contributed by atoms with van der Waals surface area (Å²) >= 11 is 1.70. The fourth-order valence-electron chi connectivity index (χ4n) is 1.55. The minimum Gasteiger partial charge on any atom is -0.347 e. The van der Waals surface area contributed by atoms with Gasteiger partial charge in [-0.25, -0.2) is 4.98 Å². The SMILES string of the molecule is CC(C)(C)NCc1ccn(Cc2nccs2)c1. The quantitative estimate of drug-likeness (QED) is 0.903. The van der Waals surface area contributed by atoms with Gasteiger partial charge in [0.25, 0.3) is 0 Å². The predicted molar refractivity (Wildman–Crippen MR) is 72.2 cm³/mol. The maximum Gasteiger partial charge on any atom is 0.112 e. The van der Waals surface area contributed by atoms with Gasteiger partial charge in [-0.05, 0) is 32.4 Å². The molecule has 0 aromatic carbocycles. The normalized spacial score (nSPS) is 11.9. The van der Waals surface area contributed by atoms with Crippen LogP contribution in [0.2, 0.25) is 0 Å². The molecule has 0 saturated carbocycles. The van der Waals surface area contributed by atoms with E-state index in [2.05, 4.69) is 54.1 Å². The van der Waals surface area contributed by atoms with Crippen LogP contribution in [0.15, 0.2) is 30.0 Å². The second-order valence-electron chi connectivity index (χ2n) is 5.22. The van der Waals surface area contributed by atoms with Gasteiger partial charge >= 0.3 is 0 Å². The average molecular weight is 249 g/mol. The van der Waals surface area contributed by atoms with Gasteiger partial charge < -0.3 is 9.88 Å². The van der Waals surface area contributed by atoms with Gasteiger partial charge in [-0.1, -0.05) is 0 Å². The molecule has 0 aliphatic carbocycles. The molecule has 2 aromatic rings. The van der Waals surface area contributed by atoms with Crippen molar-refractivity contribution in [1.82, 2.24) is 14.9 Å². The Morgan fingerprint density at radius 1 is 1.41 bits per heavy atom. The Morgan fingerprint density at radius 3 is 2.88 bits per heavy atom. The zero-order chi connectivity index (χ0) is 12.3. The Morgan fingerprint density at radius 2 is 2.24 bits per heavy atom. The molecule has 0 spiro atoms. The van der Waals surface area contributed by atoms with Crippen molar-refractivity contribution in [2.45, 2.75) is 39.4 Å². The maximum absolute atomic E-state index is 4.29. The molecule has 0 radical (unpaired) electrons. The lowest BCUT2D eigenvalue weighted by atomic mass is 10.1.